The van der Waals surface area contributed by atoms with Crippen molar-refractivity contribution in [3.05, 3.63) is 78.4 Å². The summed E-state index contributed by atoms with van der Waals surface area (Å²) in [5.41, 5.74) is 5.27. The van der Waals surface area contributed by atoms with Crippen LogP contribution in [-0.2, 0) is 6.42 Å². The zero-order chi connectivity index (χ0) is 18.6. The first-order valence-electron chi connectivity index (χ1n) is 10.4. The lowest BCUT2D eigenvalue weighted by Crippen LogP contribution is -2.03. The van der Waals surface area contributed by atoms with Gasteiger partial charge in [0.1, 0.15) is 0 Å². The van der Waals surface area contributed by atoms with Gasteiger partial charge in [-0.05, 0) is 42.2 Å². The molecular formula is C26H29N. The van der Waals surface area contributed by atoms with E-state index in [9.17, 15) is 0 Å². The third kappa shape index (κ3) is 3.51. The van der Waals surface area contributed by atoms with E-state index < -0.39 is 0 Å². The first-order chi connectivity index (χ1) is 13.3. The summed E-state index contributed by atoms with van der Waals surface area (Å²) >= 11 is 0. The summed E-state index contributed by atoms with van der Waals surface area (Å²) in [5, 5.41) is 2.64. The van der Waals surface area contributed by atoms with E-state index >= 15 is 0 Å². The summed E-state index contributed by atoms with van der Waals surface area (Å²) in [7, 11) is 0. The van der Waals surface area contributed by atoms with Crippen LogP contribution in [0.15, 0.2) is 72.8 Å². The van der Waals surface area contributed by atoms with Gasteiger partial charge in [0.15, 0.2) is 0 Å². The van der Waals surface area contributed by atoms with E-state index in [0.717, 1.165) is 5.92 Å². The third-order valence-electron chi connectivity index (χ3n) is 5.84. The highest BCUT2D eigenvalue weighted by Gasteiger charge is 2.12. The Bertz CT molecular complexity index is 970. The van der Waals surface area contributed by atoms with Crippen LogP contribution in [0.4, 0.5) is 0 Å². The first kappa shape index (κ1) is 17.9. The summed E-state index contributed by atoms with van der Waals surface area (Å²) in [4.78, 5) is 0. The van der Waals surface area contributed by atoms with Crippen LogP contribution in [0.3, 0.4) is 0 Å². The van der Waals surface area contributed by atoms with Gasteiger partial charge >= 0.3 is 0 Å². The number of hydrogen-bond acceptors (Lipinski definition) is 0. The van der Waals surface area contributed by atoms with Crippen LogP contribution in [0.5, 0.6) is 0 Å². The van der Waals surface area contributed by atoms with Crippen molar-refractivity contribution in [1.82, 2.24) is 4.57 Å². The van der Waals surface area contributed by atoms with Crippen LogP contribution in [-0.4, -0.2) is 4.57 Å². The molecule has 27 heavy (non-hydrogen) atoms. The van der Waals surface area contributed by atoms with Crippen molar-refractivity contribution in [3.8, 4) is 5.69 Å². The molecule has 1 nitrogen and oxygen atoms in total. The van der Waals surface area contributed by atoms with Gasteiger partial charge in [-0.15, -0.1) is 0 Å². The molecule has 4 rings (SSSR count). The highest BCUT2D eigenvalue weighted by atomic mass is 15.0. The van der Waals surface area contributed by atoms with Gasteiger partial charge in [-0.2, -0.15) is 0 Å². The number of benzene rings is 3. The Labute approximate surface area is 162 Å². The van der Waals surface area contributed by atoms with Crippen molar-refractivity contribution >= 4 is 21.8 Å². The van der Waals surface area contributed by atoms with Gasteiger partial charge in [0.2, 0.25) is 0 Å². The molecule has 0 spiro atoms. The van der Waals surface area contributed by atoms with Crippen molar-refractivity contribution in [3.63, 3.8) is 0 Å². The monoisotopic (exact) mass is 355 g/mol. The van der Waals surface area contributed by atoms with Crippen molar-refractivity contribution in [2.75, 3.05) is 0 Å². The molecule has 0 N–H and O–H groups in total. The molecule has 0 aliphatic carbocycles. The van der Waals surface area contributed by atoms with Gasteiger partial charge in [-0.1, -0.05) is 88.1 Å². The maximum absolute atomic E-state index is 2.39. The van der Waals surface area contributed by atoms with E-state index in [1.807, 2.05) is 0 Å². The minimum absolute atomic E-state index is 0.809. The predicted molar refractivity (Wildman–Crippen MR) is 118 cm³/mol. The van der Waals surface area contributed by atoms with Crippen molar-refractivity contribution in [2.24, 2.45) is 5.92 Å². The molecule has 0 saturated heterocycles. The molecule has 1 atom stereocenters. The van der Waals surface area contributed by atoms with Gasteiger partial charge in [0, 0.05) is 16.5 Å². The topological polar surface area (TPSA) is 4.93 Å². The normalized spacial score (nSPS) is 12.7. The molecular weight excluding hydrogens is 326 g/mol. The van der Waals surface area contributed by atoms with E-state index in [-0.39, 0.29) is 0 Å². The van der Waals surface area contributed by atoms with Crippen LogP contribution in [0.25, 0.3) is 27.5 Å². The molecule has 4 aromatic rings. The zero-order valence-corrected chi connectivity index (χ0v) is 16.5. The van der Waals surface area contributed by atoms with Crippen LogP contribution in [0.1, 0.15) is 45.1 Å². The van der Waals surface area contributed by atoms with E-state index in [1.54, 1.807) is 0 Å². The molecule has 1 unspecified atom stereocenters. The number of rotatable bonds is 7. The molecule has 1 heterocycles. The summed E-state index contributed by atoms with van der Waals surface area (Å²) in [6.45, 7) is 4.61. The number of aromatic nitrogens is 1. The first-order valence-corrected chi connectivity index (χ1v) is 10.4. The van der Waals surface area contributed by atoms with E-state index in [4.69, 9.17) is 0 Å². The molecule has 1 aromatic heterocycles. The van der Waals surface area contributed by atoms with Crippen molar-refractivity contribution < 1.29 is 0 Å². The summed E-state index contributed by atoms with van der Waals surface area (Å²) in [5.74, 6) is 0.809. The van der Waals surface area contributed by atoms with Crippen molar-refractivity contribution in [2.45, 2.75) is 46.0 Å². The molecule has 1 heteroatoms. The number of para-hydroxylation sites is 2. The van der Waals surface area contributed by atoms with E-state index in [2.05, 4.69) is 91.2 Å². The maximum atomic E-state index is 2.39. The highest BCUT2D eigenvalue weighted by Crippen LogP contribution is 2.32. The molecule has 0 saturated carbocycles. The SMILES string of the molecule is CCCCC(CC)Cc1ccc(-n2c3ccccc3c3ccccc32)cc1. The second-order valence-corrected chi connectivity index (χ2v) is 7.66. The fraction of sp³-hybridized carbons (Fsp3) is 0.308. The molecule has 138 valence electrons. The standard InChI is InChI=1S/C26H29N/c1-3-5-10-20(4-2)19-21-15-17-22(18-16-21)27-25-13-8-6-11-23(25)24-12-7-9-14-26(24)27/h6-9,11-18,20H,3-5,10,19H2,1-2H3. The van der Waals surface area contributed by atoms with Crippen LogP contribution >= 0.6 is 0 Å². The van der Waals surface area contributed by atoms with Crippen LogP contribution in [0.2, 0.25) is 0 Å². The Hall–Kier alpha value is -2.54. The average Bonchev–Trinajstić information content (AvgIpc) is 3.06. The summed E-state index contributed by atoms with van der Waals surface area (Å²) < 4.78 is 2.39. The molecule has 0 radical (unpaired) electrons. The largest absolute Gasteiger partial charge is 0.309 e. The molecule has 0 aliphatic heterocycles. The Morgan fingerprint density at radius 1 is 0.741 bits per heavy atom. The predicted octanol–water partition coefficient (Wildman–Crippen LogP) is 7.54. The lowest BCUT2D eigenvalue weighted by atomic mass is 9.92. The van der Waals surface area contributed by atoms with Gasteiger partial charge < -0.3 is 4.57 Å². The number of fused-ring (bicyclic) bond motifs is 3. The third-order valence-corrected chi connectivity index (χ3v) is 5.84. The molecule has 0 bridgehead atoms. The van der Waals surface area contributed by atoms with E-state index in [1.165, 1.54) is 65.2 Å². The van der Waals surface area contributed by atoms with Gasteiger partial charge in [-0.3, -0.25) is 0 Å². The minimum atomic E-state index is 0.809. The molecule has 3 aromatic carbocycles. The minimum Gasteiger partial charge on any atom is -0.309 e. The Morgan fingerprint density at radius 2 is 1.33 bits per heavy atom. The van der Waals surface area contributed by atoms with Gasteiger partial charge in [-0.25, -0.2) is 0 Å². The molecule has 0 fully saturated rings. The lowest BCUT2D eigenvalue weighted by molar-refractivity contribution is 0.449. The van der Waals surface area contributed by atoms with Crippen LogP contribution in [0, 0.1) is 5.92 Å². The van der Waals surface area contributed by atoms with Gasteiger partial charge in [0.05, 0.1) is 11.0 Å². The van der Waals surface area contributed by atoms with E-state index in [0.29, 0.717) is 0 Å². The quantitative estimate of drug-likeness (QED) is 0.322. The Kier molecular flexibility index (Phi) is 5.29. The Balaban J connectivity index is 1.70. The average molecular weight is 356 g/mol. The molecule has 0 amide bonds. The second-order valence-electron chi connectivity index (χ2n) is 7.66. The number of unbranched alkanes of at least 4 members (excludes halogenated alkanes) is 1. The zero-order valence-electron chi connectivity index (χ0n) is 16.5. The molecule has 0 aliphatic rings. The fourth-order valence-electron chi connectivity index (χ4n) is 4.26. The Morgan fingerprint density at radius 3 is 1.89 bits per heavy atom. The number of hydrogen-bond donors (Lipinski definition) is 0. The fourth-order valence-corrected chi connectivity index (χ4v) is 4.26. The number of nitrogens with zero attached hydrogens (tertiary/aromatic N) is 1. The van der Waals surface area contributed by atoms with Crippen molar-refractivity contribution in [1.29, 1.82) is 0 Å². The maximum Gasteiger partial charge on any atom is 0.0541 e. The van der Waals surface area contributed by atoms with Gasteiger partial charge in [0.25, 0.3) is 0 Å². The smallest absolute Gasteiger partial charge is 0.0541 e. The lowest BCUT2D eigenvalue weighted by Gasteiger charge is -2.15. The highest BCUT2D eigenvalue weighted by molar-refractivity contribution is 6.09. The summed E-state index contributed by atoms with van der Waals surface area (Å²) in [6.07, 6.45) is 6.46. The second kappa shape index (κ2) is 8.00. The summed E-state index contributed by atoms with van der Waals surface area (Å²) in [6, 6.07) is 26.7. The van der Waals surface area contributed by atoms with Crippen LogP contribution < -0.4 is 0 Å².